The van der Waals surface area contributed by atoms with E-state index in [4.69, 9.17) is 4.18 Å². The smallest absolute Gasteiger partial charge is 0.339 e. The van der Waals surface area contributed by atoms with Gasteiger partial charge in [0.15, 0.2) is 5.75 Å². The minimum absolute atomic E-state index is 0.122. The number of nitrogens with one attached hydrogen (secondary N) is 1. The average molecular weight is 288 g/mol. The van der Waals surface area contributed by atoms with Crippen molar-refractivity contribution in [2.24, 2.45) is 0 Å². The molecule has 1 N–H and O–H groups in total. The molecule has 0 aliphatic rings. The molecule has 0 aliphatic heterocycles. The van der Waals surface area contributed by atoms with Crippen LogP contribution >= 0.6 is 0 Å². The molecule has 1 aromatic carbocycles. The van der Waals surface area contributed by atoms with E-state index in [1.807, 2.05) is 6.92 Å². The number of rotatable bonds is 3. The van der Waals surface area contributed by atoms with Crippen LogP contribution in [0.5, 0.6) is 5.75 Å². The van der Waals surface area contributed by atoms with Gasteiger partial charge in [-0.1, -0.05) is 17.7 Å². The van der Waals surface area contributed by atoms with E-state index in [1.165, 1.54) is 18.3 Å². The summed E-state index contributed by atoms with van der Waals surface area (Å²) in [7, 11) is -3.83. The first-order chi connectivity index (χ1) is 9.54. The molecule has 102 valence electrons. The molecule has 3 rings (SSSR count). The molecule has 5 nitrogen and oxygen atoms in total. The molecule has 0 fully saturated rings. The van der Waals surface area contributed by atoms with E-state index in [-0.39, 0.29) is 10.6 Å². The van der Waals surface area contributed by atoms with Gasteiger partial charge in [-0.15, -0.1) is 0 Å². The summed E-state index contributed by atoms with van der Waals surface area (Å²) in [6.07, 6.45) is 3.11. The lowest BCUT2D eigenvalue weighted by atomic mass is 10.2. The Balaban J connectivity index is 1.94. The second-order valence-corrected chi connectivity index (χ2v) is 5.98. The van der Waals surface area contributed by atoms with Crippen molar-refractivity contribution >= 4 is 21.2 Å². The molecule has 0 atom stereocenters. The van der Waals surface area contributed by atoms with Crippen LogP contribution in [0.25, 0.3) is 11.0 Å². The van der Waals surface area contributed by atoms with Crippen molar-refractivity contribution < 1.29 is 12.6 Å². The van der Waals surface area contributed by atoms with Crippen LogP contribution in [0, 0.1) is 6.92 Å². The van der Waals surface area contributed by atoms with Gasteiger partial charge < -0.3 is 9.17 Å². The van der Waals surface area contributed by atoms with E-state index in [9.17, 15) is 8.42 Å². The Morgan fingerprint density at radius 3 is 2.65 bits per heavy atom. The third-order valence-electron chi connectivity index (χ3n) is 2.89. The summed E-state index contributed by atoms with van der Waals surface area (Å²) < 4.78 is 29.4. The Kier molecular flexibility index (Phi) is 2.94. The normalized spacial score (nSPS) is 11.7. The molecule has 6 heteroatoms. The van der Waals surface area contributed by atoms with Gasteiger partial charge in [-0.05, 0) is 31.2 Å². The second kappa shape index (κ2) is 4.64. The summed E-state index contributed by atoms with van der Waals surface area (Å²) in [5.74, 6) is 0.192. The van der Waals surface area contributed by atoms with Crippen LogP contribution in [-0.4, -0.2) is 18.4 Å². The Labute approximate surface area is 116 Å². The standard InChI is InChI=1S/C14H12N2O3S/c1-10-2-4-13(5-3-10)20(17,18)19-12-8-11-6-7-15-14(11)16-9-12/h2-9H,1H3,(H,15,16). The Morgan fingerprint density at radius 1 is 1.15 bits per heavy atom. The van der Waals surface area contributed by atoms with Crippen molar-refractivity contribution in [3.8, 4) is 5.75 Å². The Bertz CT molecular complexity index is 852. The van der Waals surface area contributed by atoms with Gasteiger partial charge in [0.1, 0.15) is 10.5 Å². The van der Waals surface area contributed by atoms with E-state index < -0.39 is 10.1 Å². The molecule has 3 aromatic rings. The number of nitrogens with zero attached hydrogens (tertiary/aromatic N) is 1. The van der Waals surface area contributed by atoms with Crippen LogP contribution in [0.2, 0.25) is 0 Å². The molecule has 0 amide bonds. The van der Waals surface area contributed by atoms with E-state index in [0.29, 0.717) is 5.65 Å². The van der Waals surface area contributed by atoms with Gasteiger partial charge in [-0.25, -0.2) is 4.98 Å². The predicted octanol–water partition coefficient (Wildman–Crippen LogP) is 2.64. The Morgan fingerprint density at radius 2 is 1.90 bits per heavy atom. The van der Waals surface area contributed by atoms with Crippen molar-refractivity contribution in [3.63, 3.8) is 0 Å². The van der Waals surface area contributed by atoms with Crippen LogP contribution < -0.4 is 4.18 Å². The zero-order valence-electron chi connectivity index (χ0n) is 10.7. The molecule has 0 saturated carbocycles. The number of aromatic nitrogens is 2. The van der Waals surface area contributed by atoms with Crippen molar-refractivity contribution in [2.45, 2.75) is 11.8 Å². The van der Waals surface area contributed by atoms with Crippen LogP contribution in [0.3, 0.4) is 0 Å². The van der Waals surface area contributed by atoms with Gasteiger partial charge in [0, 0.05) is 11.6 Å². The summed E-state index contributed by atoms with van der Waals surface area (Å²) in [4.78, 5) is 7.14. The maximum atomic E-state index is 12.1. The number of hydrogen-bond acceptors (Lipinski definition) is 4. The zero-order chi connectivity index (χ0) is 14.2. The highest BCUT2D eigenvalue weighted by molar-refractivity contribution is 7.87. The van der Waals surface area contributed by atoms with Crippen molar-refractivity contribution in [1.29, 1.82) is 0 Å². The van der Waals surface area contributed by atoms with Crippen molar-refractivity contribution in [3.05, 3.63) is 54.4 Å². The van der Waals surface area contributed by atoms with E-state index in [2.05, 4.69) is 9.97 Å². The topological polar surface area (TPSA) is 72.1 Å². The van der Waals surface area contributed by atoms with Gasteiger partial charge in [0.2, 0.25) is 0 Å². The van der Waals surface area contributed by atoms with Gasteiger partial charge in [-0.3, -0.25) is 0 Å². The van der Waals surface area contributed by atoms with Gasteiger partial charge in [0.25, 0.3) is 0 Å². The molecule has 0 aliphatic carbocycles. The fourth-order valence-corrected chi connectivity index (χ4v) is 2.76. The van der Waals surface area contributed by atoms with Crippen LogP contribution in [-0.2, 0) is 10.1 Å². The highest BCUT2D eigenvalue weighted by atomic mass is 32.2. The van der Waals surface area contributed by atoms with Crippen LogP contribution in [0.15, 0.2) is 53.7 Å². The number of H-pyrrole nitrogens is 1. The van der Waals surface area contributed by atoms with Gasteiger partial charge >= 0.3 is 10.1 Å². The molecule has 20 heavy (non-hydrogen) atoms. The highest BCUT2D eigenvalue weighted by Gasteiger charge is 2.16. The second-order valence-electron chi connectivity index (χ2n) is 4.44. The minimum atomic E-state index is -3.83. The van der Waals surface area contributed by atoms with E-state index in [0.717, 1.165) is 10.9 Å². The molecule has 0 bridgehead atoms. The molecule has 0 saturated heterocycles. The maximum Gasteiger partial charge on any atom is 0.339 e. The first-order valence-electron chi connectivity index (χ1n) is 5.99. The van der Waals surface area contributed by atoms with Crippen molar-refractivity contribution in [1.82, 2.24) is 9.97 Å². The van der Waals surface area contributed by atoms with Gasteiger partial charge in [-0.2, -0.15) is 8.42 Å². The number of benzene rings is 1. The highest BCUT2D eigenvalue weighted by Crippen LogP contribution is 2.21. The van der Waals surface area contributed by atoms with Crippen molar-refractivity contribution in [2.75, 3.05) is 0 Å². The molecule has 0 unspecified atom stereocenters. The van der Waals surface area contributed by atoms with E-state index >= 15 is 0 Å². The lowest BCUT2D eigenvalue weighted by Crippen LogP contribution is -2.09. The number of pyridine rings is 1. The molecular formula is C14H12N2O3S. The SMILES string of the molecule is Cc1ccc(S(=O)(=O)Oc2cnc3[nH]ccc3c2)cc1. The molecular weight excluding hydrogens is 276 g/mol. The summed E-state index contributed by atoms with van der Waals surface area (Å²) >= 11 is 0. The quantitative estimate of drug-likeness (QED) is 0.752. The predicted molar refractivity (Wildman–Crippen MR) is 75.1 cm³/mol. The molecule has 0 radical (unpaired) electrons. The fraction of sp³-hybridized carbons (Fsp3) is 0.0714. The average Bonchev–Trinajstić information content (AvgIpc) is 2.86. The lowest BCUT2D eigenvalue weighted by molar-refractivity contribution is 0.485. The summed E-state index contributed by atoms with van der Waals surface area (Å²) in [5, 5.41) is 0.793. The fourth-order valence-electron chi connectivity index (χ4n) is 1.84. The van der Waals surface area contributed by atoms with Crippen LogP contribution in [0.4, 0.5) is 0 Å². The zero-order valence-corrected chi connectivity index (χ0v) is 11.5. The molecule has 2 heterocycles. The summed E-state index contributed by atoms with van der Waals surface area (Å²) in [6, 6.07) is 9.92. The maximum absolute atomic E-state index is 12.1. The van der Waals surface area contributed by atoms with Gasteiger partial charge in [0.05, 0.1) is 6.20 Å². The Hall–Kier alpha value is -2.34. The van der Waals surface area contributed by atoms with E-state index in [1.54, 1.807) is 30.5 Å². The summed E-state index contributed by atoms with van der Waals surface area (Å²) in [5.41, 5.74) is 1.67. The minimum Gasteiger partial charge on any atom is -0.377 e. The largest absolute Gasteiger partial charge is 0.377 e. The lowest BCUT2D eigenvalue weighted by Gasteiger charge is -2.07. The number of aromatic amines is 1. The monoisotopic (exact) mass is 288 g/mol. The third-order valence-corrected chi connectivity index (χ3v) is 4.15. The number of fused-ring (bicyclic) bond motifs is 1. The first-order valence-corrected chi connectivity index (χ1v) is 7.40. The first kappa shape index (κ1) is 12.7. The molecule has 2 aromatic heterocycles. The third kappa shape index (κ3) is 2.37. The number of aryl methyl sites for hydroxylation is 1. The molecule has 0 spiro atoms. The summed E-state index contributed by atoms with van der Waals surface area (Å²) in [6.45, 7) is 1.89. The number of hydrogen-bond donors (Lipinski definition) is 1. The van der Waals surface area contributed by atoms with Crippen LogP contribution in [0.1, 0.15) is 5.56 Å².